The molecule has 0 bridgehead atoms. The topological polar surface area (TPSA) is 47.9 Å². The molecule has 0 spiro atoms. The molecule has 2 aromatic carbocycles. The second kappa shape index (κ2) is 5.71. The Labute approximate surface area is 131 Å². The van der Waals surface area contributed by atoms with Crippen LogP contribution in [0.5, 0.6) is 5.75 Å². The fourth-order valence-corrected chi connectivity index (χ4v) is 4.05. The highest BCUT2D eigenvalue weighted by molar-refractivity contribution is 8.37. The first-order valence-electron chi connectivity index (χ1n) is 6.40. The number of aliphatic imine (C=N–C) groups is 1. The average molecular weight is 341 g/mol. The van der Waals surface area contributed by atoms with Gasteiger partial charge in [0.2, 0.25) is 0 Å². The monoisotopic (exact) mass is 341 g/mol. The predicted molar refractivity (Wildman–Crippen MR) is 80.0 cm³/mol. The number of benzene rings is 2. The van der Waals surface area contributed by atoms with E-state index in [0.717, 1.165) is 5.55 Å². The van der Waals surface area contributed by atoms with Crippen LogP contribution in [0.15, 0.2) is 58.4 Å². The van der Waals surface area contributed by atoms with Crippen LogP contribution in [-0.4, -0.2) is 18.2 Å². The summed E-state index contributed by atoms with van der Waals surface area (Å²) in [5.41, 5.74) is 1.81. The highest BCUT2D eigenvalue weighted by Gasteiger charge is 2.43. The summed E-state index contributed by atoms with van der Waals surface area (Å²) in [4.78, 5) is 14.9. The normalized spacial score (nSPS) is 22.2. The van der Waals surface area contributed by atoms with Crippen LogP contribution in [0.2, 0.25) is 0 Å². The van der Waals surface area contributed by atoms with E-state index in [-0.39, 0.29) is 10.6 Å². The van der Waals surface area contributed by atoms with Crippen molar-refractivity contribution in [2.75, 3.05) is 0 Å². The second-order valence-corrected chi connectivity index (χ2v) is 6.62. The highest BCUT2D eigenvalue weighted by atomic mass is 32.3. The molecule has 0 aromatic heterocycles. The fourth-order valence-electron chi connectivity index (χ4n) is 2.02. The molecular formula is C15H10F3NO3S. The van der Waals surface area contributed by atoms with Gasteiger partial charge in [-0.1, -0.05) is 22.7 Å². The molecule has 23 heavy (non-hydrogen) atoms. The van der Waals surface area contributed by atoms with Gasteiger partial charge >= 0.3 is 6.36 Å². The van der Waals surface area contributed by atoms with Gasteiger partial charge in [0.05, 0.1) is 5.69 Å². The Morgan fingerprint density at radius 3 is 2.39 bits per heavy atom. The van der Waals surface area contributed by atoms with Gasteiger partial charge in [0, 0.05) is 5.56 Å². The zero-order chi connectivity index (χ0) is 16.5. The lowest BCUT2D eigenvalue weighted by molar-refractivity contribution is -0.271. The number of alkyl halides is 3. The van der Waals surface area contributed by atoms with Crippen molar-refractivity contribution >= 4 is 28.1 Å². The third kappa shape index (κ3) is 3.22. The number of fused-ring (bicyclic) bond motifs is 1. The summed E-state index contributed by atoms with van der Waals surface area (Å²) in [7, 11) is -3.26. The number of halogens is 3. The van der Waals surface area contributed by atoms with Gasteiger partial charge in [0.1, 0.15) is 16.7 Å². The summed E-state index contributed by atoms with van der Waals surface area (Å²) in [6.45, 7) is 0. The lowest BCUT2D eigenvalue weighted by atomic mass is 10.2. The molecule has 2 aromatic rings. The molecule has 1 heterocycles. The van der Waals surface area contributed by atoms with Crippen molar-refractivity contribution in [1.82, 2.24) is 0 Å². The lowest BCUT2D eigenvalue weighted by Gasteiger charge is -2.37. The third-order valence-electron chi connectivity index (χ3n) is 2.96. The molecule has 1 aliphatic heterocycles. The number of carbonyl (C=O) groups is 1. The van der Waals surface area contributed by atoms with Gasteiger partial charge < -0.3 is 4.18 Å². The molecule has 0 amide bonds. The summed E-state index contributed by atoms with van der Waals surface area (Å²) in [6, 6.07) is 12.0. The molecule has 1 aliphatic rings. The number of nitrogens with zero attached hydrogens (tertiary/aromatic N) is 1. The Balaban J connectivity index is 2.00. The van der Waals surface area contributed by atoms with Gasteiger partial charge in [-0.25, -0.2) is 4.99 Å². The van der Waals surface area contributed by atoms with Crippen molar-refractivity contribution in [2.24, 2.45) is 4.99 Å². The first-order valence-corrected chi connectivity index (χ1v) is 7.95. The van der Waals surface area contributed by atoms with Crippen molar-refractivity contribution in [3.8, 4) is 5.75 Å². The van der Waals surface area contributed by atoms with E-state index in [1.165, 1.54) is 30.3 Å². The van der Waals surface area contributed by atoms with Crippen LogP contribution in [0.3, 0.4) is 0 Å². The fraction of sp³-hybridized carbons (Fsp3) is 0.0667. The molecule has 8 heteroatoms. The third-order valence-corrected chi connectivity index (χ3v) is 5.17. The summed E-state index contributed by atoms with van der Waals surface area (Å²) >= 11 is 0. The predicted octanol–water partition coefficient (Wildman–Crippen LogP) is 4.78. The lowest BCUT2D eigenvalue weighted by Crippen LogP contribution is -2.21. The molecule has 4 nitrogen and oxygen atoms in total. The van der Waals surface area contributed by atoms with E-state index in [1.807, 2.05) is 0 Å². The molecule has 3 rings (SSSR count). The molecule has 120 valence electrons. The molecule has 0 fully saturated rings. The van der Waals surface area contributed by atoms with Gasteiger partial charge in [0.15, 0.2) is 5.75 Å². The maximum Gasteiger partial charge on any atom is 0.542 e. The van der Waals surface area contributed by atoms with Gasteiger partial charge in [-0.3, -0.25) is 4.79 Å². The van der Waals surface area contributed by atoms with E-state index in [2.05, 4.69) is 9.18 Å². The second-order valence-electron chi connectivity index (χ2n) is 4.55. The summed E-state index contributed by atoms with van der Waals surface area (Å²) in [6.07, 6.45) is -4.26. The molecule has 0 saturated carbocycles. The number of carbonyl (C=O) groups excluding carboxylic acids is 1. The van der Waals surface area contributed by atoms with Gasteiger partial charge in [0.25, 0.3) is 0 Å². The SMILES string of the molecule is O=Cc1ccc(OS2(OC(F)(F)F)C=Nc3ccccc32)cc1. The number of aldehydes is 1. The van der Waals surface area contributed by atoms with E-state index >= 15 is 0 Å². The van der Waals surface area contributed by atoms with E-state index in [4.69, 9.17) is 4.18 Å². The Bertz CT molecular complexity index is 761. The quantitative estimate of drug-likeness (QED) is 0.752. The number of rotatable bonds is 4. The minimum atomic E-state index is -4.89. The summed E-state index contributed by atoms with van der Waals surface area (Å²) < 4.78 is 48.5. The minimum Gasteiger partial charge on any atom is -0.382 e. The Kier molecular flexibility index (Phi) is 3.87. The zero-order valence-electron chi connectivity index (χ0n) is 11.5. The van der Waals surface area contributed by atoms with Crippen molar-refractivity contribution in [1.29, 1.82) is 0 Å². The Morgan fingerprint density at radius 2 is 1.74 bits per heavy atom. The molecule has 0 N–H and O–H groups in total. The van der Waals surface area contributed by atoms with Crippen molar-refractivity contribution in [3.63, 3.8) is 0 Å². The van der Waals surface area contributed by atoms with Crippen LogP contribution in [0.1, 0.15) is 10.4 Å². The smallest absolute Gasteiger partial charge is 0.382 e. The summed E-state index contributed by atoms with van der Waals surface area (Å²) in [5, 5.41) is 0. The van der Waals surface area contributed by atoms with E-state index in [9.17, 15) is 18.0 Å². The maximum absolute atomic E-state index is 12.9. The maximum atomic E-state index is 12.9. The first kappa shape index (κ1) is 15.6. The van der Waals surface area contributed by atoms with Crippen LogP contribution in [0.4, 0.5) is 18.9 Å². The van der Waals surface area contributed by atoms with Crippen LogP contribution in [0.25, 0.3) is 0 Å². The minimum absolute atomic E-state index is 0.151. The van der Waals surface area contributed by atoms with Crippen molar-refractivity contribution in [2.45, 2.75) is 11.3 Å². The number of hydrogen-bond donors (Lipinski definition) is 0. The van der Waals surface area contributed by atoms with Gasteiger partial charge in [-0.05, 0) is 36.4 Å². The van der Waals surface area contributed by atoms with Crippen molar-refractivity contribution in [3.05, 3.63) is 54.1 Å². The number of hydrogen-bond acceptors (Lipinski definition) is 4. The van der Waals surface area contributed by atoms with E-state index in [1.54, 1.807) is 18.2 Å². The molecule has 1 atom stereocenters. The molecule has 0 saturated heterocycles. The van der Waals surface area contributed by atoms with Crippen LogP contribution >= 0.6 is 10.6 Å². The van der Waals surface area contributed by atoms with Crippen LogP contribution in [-0.2, 0) is 4.18 Å². The van der Waals surface area contributed by atoms with Crippen LogP contribution in [0, 0.1) is 0 Å². The Morgan fingerprint density at radius 1 is 1.04 bits per heavy atom. The van der Waals surface area contributed by atoms with Crippen molar-refractivity contribution < 1.29 is 26.3 Å². The van der Waals surface area contributed by atoms with Gasteiger partial charge in [-0.2, -0.15) is 4.18 Å². The number of para-hydroxylation sites is 1. The van der Waals surface area contributed by atoms with E-state index < -0.39 is 17.0 Å². The highest BCUT2D eigenvalue weighted by Crippen LogP contribution is 2.64. The van der Waals surface area contributed by atoms with Gasteiger partial charge in [-0.15, -0.1) is 13.2 Å². The standard InChI is InChI=1S/C15H10F3NO3S/c16-15(17,18)22-23(10-19-13-3-1-2-4-14(13)23)21-12-7-5-11(9-20)6-8-12/h1-10H. The van der Waals surface area contributed by atoms with Crippen LogP contribution < -0.4 is 4.18 Å². The largest absolute Gasteiger partial charge is 0.542 e. The Hall–Kier alpha value is -2.32. The van der Waals surface area contributed by atoms with E-state index in [0.29, 0.717) is 17.5 Å². The zero-order valence-corrected chi connectivity index (χ0v) is 12.3. The summed E-state index contributed by atoms with van der Waals surface area (Å²) in [5.74, 6) is 0.151. The average Bonchev–Trinajstić information content (AvgIpc) is 2.85. The molecular weight excluding hydrogens is 331 g/mol. The first-order chi connectivity index (χ1) is 10.9. The molecule has 1 unspecified atom stereocenters. The molecule has 0 aliphatic carbocycles. The molecule has 0 radical (unpaired) electrons.